The molecule has 166 valence electrons. The average molecular weight is 504 g/mol. The predicted octanol–water partition coefficient (Wildman–Crippen LogP) is 5.68. The first-order valence-electron chi connectivity index (χ1n) is 8.44. The fourth-order valence-corrected chi connectivity index (χ4v) is 2.91. The van der Waals surface area contributed by atoms with Crippen LogP contribution in [0.25, 0.3) is 10.9 Å². The van der Waals surface area contributed by atoms with E-state index >= 15 is 0 Å². The average Bonchev–Trinajstić information content (AvgIpc) is 2.56. The van der Waals surface area contributed by atoms with Gasteiger partial charge in [-0.2, -0.15) is 26.3 Å². The third-order valence-corrected chi connectivity index (χ3v) is 4.19. The van der Waals surface area contributed by atoms with Crippen molar-refractivity contribution in [2.45, 2.75) is 45.3 Å². The van der Waals surface area contributed by atoms with Crippen LogP contribution in [0.15, 0.2) is 22.7 Å². The minimum absolute atomic E-state index is 0.0384. The van der Waals surface area contributed by atoms with Crippen molar-refractivity contribution in [2.75, 3.05) is 6.61 Å². The zero-order valence-electron chi connectivity index (χ0n) is 15.8. The van der Waals surface area contributed by atoms with Crippen LogP contribution in [0.4, 0.5) is 26.3 Å². The molecule has 5 nitrogen and oxygen atoms in total. The molecule has 0 N–H and O–H groups in total. The fraction of sp³-hybridized carbons (Fsp3) is 0.444. The van der Waals surface area contributed by atoms with E-state index < -0.39 is 53.8 Å². The van der Waals surface area contributed by atoms with Gasteiger partial charge in [0.2, 0.25) is 12.0 Å². The van der Waals surface area contributed by atoms with Crippen LogP contribution >= 0.6 is 15.9 Å². The van der Waals surface area contributed by atoms with Gasteiger partial charge in [0.05, 0.1) is 27.0 Å². The van der Waals surface area contributed by atoms with E-state index in [-0.39, 0.29) is 15.9 Å². The van der Waals surface area contributed by atoms with E-state index in [1.807, 2.05) is 0 Å². The van der Waals surface area contributed by atoms with E-state index in [2.05, 4.69) is 25.7 Å². The standard InChI is InChI=1S/C18H16BrF6NO4/c1-8(2)29-14-6-10(17(20,21)22)15-12(26-14)5-4-11(19)16(15)28-7-13(18(23,24)25)30-9(3)27/h4-6,8,13H,7H2,1-3H3. The monoisotopic (exact) mass is 503 g/mol. The molecule has 2 aromatic rings. The summed E-state index contributed by atoms with van der Waals surface area (Å²) in [5, 5.41) is -0.559. The molecule has 0 aliphatic carbocycles. The van der Waals surface area contributed by atoms with Crippen LogP contribution in [0, 0.1) is 0 Å². The maximum atomic E-state index is 13.7. The van der Waals surface area contributed by atoms with Crippen molar-refractivity contribution >= 4 is 32.8 Å². The van der Waals surface area contributed by atoms with Crippen molar-refractivity contribution in [3.05, 3.63) is 28.2 Å². The molecule has 0 amide bonds. The lowest BCUT2D eigenvalue weighted by atomic mass is 10.1. The number of nitrogens with zero attached hydrogens (tertiary/aromatic N) is 1. The zero-order chi connectivity index (χ0) is 22.9. The summed E-state index contributed by atoms with van der Waals surface area (Å²) >= 11 is 2.99. The first-order chi connectivity index (χ1) is 13.7. The number of benzene rings is 1. The van der Waals surface area contributed by atoms with Gasteiger partial charge in [-0.3, -0.25) is 4.79 Å². The highest BCUT2D eigenvalue weighted by atomic mass is 79.9. The number of rotatable bonds is 6. The first-order valence-corrected chi connectivity index (χ1v) is 9.23. The second-order valence-electron chi connectivity index (χ2n) is 6.39. The van der Waals surface area contributed by atoms with Crippen molar-refractivity contribution < 1.29 is 45.3 Å². The molecule has 0 aliphatic heterocycles. The Morgan fingerprint density at radius 3 is 2.30 bits per heavy atom. The highest BCUT2D eigenvalue weighted by molar-refractivity contribution is 9.10. The molecule has 0 radical (unpaired) electrons. The summed E-state index contributed by atoms with van der Waals surface area (Å²) < 4.78 is 94.8. The Morgan fingerprint density at radius 2 is 1.80 bits per heavy atom. The molecule has 1 unspecified atom stereocenters. The summed E-state index contributed by atoms with van der Waals surface area (Å²) in [5.41, 5.74) is -1.40. The van der Waals surface area contributed by atoms with Crippen LogP contribution < -0.4 is 9.47 Å². The number of hydrogen-bond donors (Lipinski definition) is 0. The molecule has 0 fully saturated rings. The van der Waals surface area contributed by atoms with Gasteiger partial charge in [-0.25, -0.2) is 4.98 Å². The van der Waals surface area contributed by atoms with Crippen LogP contribution in [-0.2, 0) is 15.7 Å². The number of halogens is 7. The number of esters is 1. The summed E-state index contributed by atoms with van der Waals surface area (Å²) in [4.78, 5) is 14.9. The number of ether oxygens (including phenoxy) is 3. The molecule has 1 atom stereocenters. The third-order valence-electron chi connectivity index (χ3n) is 3.57. The zero-order valence-corrected chi connectivity index (χ0v) is 17.4. The number of aromatic nitrogens is 1. The summed E-state index contributed by atoms with van der Waals surface area (Å²) in [6.07, 6.45) is -13.0. The molecule has 0 saturated heterocycles. The van der Waals surface area contributed by atoms with Crippen molar-refractivity contribution in [1.82, 2.24) is 4.98 Å². The van der Waals surface area contributed by atoms with E-state index in [0.29, 0.717) is 6.07 Å². The lowest BCUT2D eigenvalue weighted by Gasteiger charge is -2.22. The van der Waals surface area contributed by atoms with E-state index in [9.17, 15) is 31.1 Å². The molecule has 12 heteroatoms. The first kappa shape index (κ1) is 24.0. The van der Waals surface area contributed by atoms with E-state index in [0.717, 1.165) is 6.92 Å². The lowest BCUT2D eigenvalue weighted by molar-refractivity contribution is -0.225. The Morgan fingerprint density at radius 1 is 1.17 bits per heavy atom. The van der Waals surface area contributed by atoms with Gasteiger partial charge in [0.15, 0.2) is 0 Å². The molecule has 1 aromatic heterocycles. The minimum atomic E-state index is -4.98. The Hall–Kier alpha value is -2.24. The highest BCUT2D eigenvalue weighted by Crippen LogP contribution is 2.43. The highest BCUT2D eigenvalue weighted by Gasteiger charge is 2.43. The topological polar surface area (TPSA) is 57.7 Å². The molecule has 0 bridgehead atoms. The van der Waals surface area contributed by atoms with Crippen LogP contribution in [0.5, 0.6) is 11.6 Å². The minimum Gasteiger partial charge on any atom is -0.487 e. The van der Waals surface area contributed by atoms with E-state index in [1.165, 1.54) is 12.1 Å². The van der Waals surface area contributed by atoms with Crippen LogP contribution in [0.1, 0.15) is 26.3 Å². The smallest absolute Gasteiger partial charge is 0.428 e. The van der Waals surface area contributed by atoms with Crippen molar-refractivity contribution in [3.8, 4) is 11.6 Å². The van der Waals surface area contributed by atoms with E-state index in [4.69, 9.17) is 9.47 Å². The van der Waals surface area contributed by atoms with Crippen LogP contribution in [-0.4, -0.2) is 35.9 Å². The molecule has 0 aliphatic rings. The van der Waals surface area contributed by atoms with Crippen molar-refractivity contribution in [1.29, 1.82) is 0 Å². The van der Waals surface area contributed by atoms with Gasteiger partial charge in [-0.15, -0.1) is 0 Å². The molecule has 1 heterocycles. The Labute approximate surface area is 175 Å². The third kappa shape index (κ3) is 5.89. The largest absolute Gasteiger partial charge is 0.487 e. The summed E-state index contributed by atoms with van der Waals surface area (Å²) in [5.74, 6) is -2.04. The normalized spacial score (nSPS) is 13.4. The van der Waals surface area contributed by atoms with Gasteiger partial charge in [-0.05, 0) is 41.9 Å². The van der Waals surface area contributed by atoms with E-state index in [1.54, 1.807) is 13.8 Å². The predicted molar refractivity (Wildman–Crippen MR) is 97.3 cm³/mol. The summed E-state index contributed by atoms with van der Waals surface area (Å²) in [6, 6.07) is 3.16. The summed E-state index contributed by atoms with van der Waals surface area (Å²) in [7, 11) is 0. The van der Waals surface area contributed by atoms with Crippen LogP contribution in [0.3, 0.4) is 0 Å². The second kappa shape index (κ2) is 8.86. The maximum Gasteiger partial charge on any atom is 0.428 e. The van der Waals surface area contributed by atoms with Gasteiger partial charge in [-0.1, -0.05) is 0 Å². The number of hydrogen-bond acceptors (Lipinski definition) is 5. The quantitative estimate of drug-likeness (QED) is 0.375. The fourth-order valence-electron chi connectivity index (χ4n) is 2.47. The molecule has 0 spiro atoms. The molecule has 30 heavy (non-hydrogen) atoms. The number of carbonyl (C=O) groups is 1. The Kier molecular flexibility index (Phi) is 7.10. The maximum absolute atomic E-state index is 13.7. The Bertz CT molecular complexity index is 930. The number of alkyl halides is 6. The number of carbonyl (C=O) groups excluding carboxylic acids is 1. The van der Waals surface area contributed by atoms with Crippen molar-refractivity contribution in [2.24, 2.45) is 0 Å². The second-order valence-corrected chi connectivity index (χ2v) is 7.25. The van der Waals surface area contributed by atoms with Gasteiger partial charge < -0.3 is 14.2 Å². The lowest BCUT2D eigenvalue weighted by Crippen LogP contribution is -2.38. The van der Waals surface area contributed by atoms with Crippen LogP contribution in [0.2, 0.25) is 0 Å². The molecular formula is C18H16BrF6NO4. The van der Waals surface area contributed by atoms with Gasteiger partial charge in [0, 0.05) is 13.0 Å². The molecule has 2 rings (SSSR count). The van der Waals surface area contributed by atoms with Gasteiger partial charge in [0.25, 0.3) is 0 Å². The molecular weight excluding hydrogens is 488 g/mol. The molecule has 1 aromatic carbocycles. The van der Waals surface area contributed by atoms with Gasteiger partial charge in [0.1, 0.15) is 12.4 Å². The van der Waals surface area contributed by atoms with Gasteiger partial charge >= 0.3 is 18.3 Å². The summed E-state index contributed by atoms with van der Waals surface area (Å²) in [6.45, 7) is 2.72. The molecule has 0 saturated carbocycles. The number of pyridine rings is 1. The Balaban J connectivity index is 2.59. The SMILES string of the molecule is CC(=O)OC(COc1c(Br)ccc2nc(OC(C)C)cc(C(F)(F)F)c12)C(F)(F)F. The number of fused-ring (bicyclic) bond motifs is 1. The van der Waals surface area contributed by atoms with Crippen molar-refractivity contribution in [3.63, 3.8) is 0 Å².